The van der Waals surface area contributed by atoms with Crippen molar-refractivity contribution in [3.63, 3.8) is 0 Å². The molecule has 1 atom stereocenters. The zero-order valence-corrected chi connectivity index (χ0v) is 8.01. The molecule has 0 aliphatic carbocycles. The van der Waals surface area contributed by atoms with Gasteiger partial charge in [-0.2, -0.15) is 0 Å². The summed E-state index contributed by atoms with van der Waals surface area (Å²) >= 11 is 0. The summed E-state index contributed by atoms with van der Waals surface area (Å²) in [5.74, 6) is 0.103. The number of likely N-dealkylation sites (tertiary alicyclic amines) is 1. The van der Waals surface area contributed by atoms with Crippen LogP contribution in [0.2, 0.25) is 0 Å². The van der Waals surface area contributed by atoms with Crippen LogP contribution >= 0.6 is 0 Å². The van der Waals surface area contributed by atoms with Gasteiger partial charge < -0.3 is 4.90 Å². The molecule has 1 saturated heterocycles. The standard InChI is InChI=1S/C10H12N2O2/c1-11-8(5-6-9(11)13)12-7-3-2-4-10(12)14/h2-4,7-8H,5-6H2,1H3. The first-order chi connectivity index (χ1) is 6.70. The molecule has 1 aliphatic rings. The van der Waals surface area contributed by atoms with Gasteiger partial charge in [0.05, 0.1) is 0 Å². The number of amides is 1. The van der Waals surface area contributed by atoms with E-state index in [2.05, 4.69) is 0 Å². The summed E-state index contributed by atoms with van der Waals surface area (Å²) < 4.78 is 1.60. The van der Waals surface area contributed by atoms with Gasteiger partial charge in [-0.25, -0.2) is 0 Å². The summed E-state index contributed by atoms with van der Waals surface area (Å²) in [7, 11) is 1.74. The highest BCUT2D eigenvalue weighted by Gasteiger charge is 2.28. The molecule has 1 aliphatic heterocycles. The van der Waals surface area contributed by atoms with Crippen molar-refractivity contribution in [2.75, 3.05) is 7.05 Å². The second-order valence-corrected chi connectivity index (χ2v) is 3.47. The van der Waals surface area contributed by atoms with Gasteiger partial charge in [-0.05, 0) is 12.5 Å². The van der Waals surface area contributed by atoms with E-state index in [1.54, 1.807) is 34.8 Å². The topological polar surface area (TPSA) is 42.3 Å². The maximum absolute atomic E-state index is 11.5. The van der Waals surface area contributed by atoms with Gasteiger partial charge >= 0.3 is 0 Å². The van der Waals surface area contributed by atoms with Gasteiger partial charge in [0.15, 0.2) is 0 Å². The Kier molecular flexibility index (Phi) is 2.11. The fourth-order valence-electron chi connectivity index (χ4n) is 1.80. The first-order valence-corrected chi connectivity index (χ1v) is 4.63. The van der Waals surface area contributed by atoms with Gasteiger partial charge in [0.2, 0.25) is 5.91 Å². The van der Waals surface area contributed by atoms with Crippen LogP contribution in [0.3, 0.4) is 0 Å². The van der Waals surface area contributed by atoms with Crippen molar-refractivity contribution in [1.29, 1.82) is 0 Å². The molecule has 0 radical (unpaired) electrons. The number of nitrogens with zero attached hydrogens (tertiary/aromatic N) is 2. The molecule has 0 spiro atoms. The van der Waals surface area contributed by atoms with E-state index in [0.29, 0.717) is 6.42 Å². The monoisotopic (exact) mass is 192 g/mol. The van der Waals surface area contributed by atoms with Gasteiger partial charge in [0.25, 0.3) is 5.56 Å². The zero-order valence-electron chi connectivity index (χ0n) is 8.01. The minimum Gasteiger partial charge on any atom is -0.325 e. The van der Waals surface area contributed by atoms with Crippen molar-refractivity contribution in [3.8, 4) is 0 Å². The number of carbonyl (C=O) groups is 1. The summed E-state index contributed by atoms with van der Waals surface area (Å²) in [5, 5.41) is 0. The van der Waals surface area contributed by atoms with Crippen molar-refractivity contribution in [2.45, 2.75) is 19.0 Å². The fourth-order valence-corrected chi connectivity index (χ4v) is 1.80. The minimum absolute atomic E-state index is 0.0564. The predicted molar refractivity (Wildman–Crippen MR) is 51.7 cm³/mol. The zero-order chi connectivity index (χ0) is 10.1. The molecule has 0 saturated carbocycles. The Morgan fingerprint density at radius 2 is 2.14 bits per heavy atom. The Bertz CT molecular complexity index is 411. The Hall–Kier alpha value is -1.58. The number of rotatable bonds is 1. The van der Waals surface area contributed by atoms with Crippen LogP contribution in [0, 0.1) is 0 Å². The third kappa shape index (κ3) is 1.32. The van der Waals surface area contributed by atoms with Crippen LogP contribution in [-0.2, 0) is 4.79 Å². The third-order valence-corrected chi connectivity index (χ3v) is 2.63. The van der Waals surface area contributed by atoms with E-state index in [-0.39, 0.29) is 17.6 Å². The minimum atomic E-state index is -0.101. The molecular formula is C10H12N2O2. The lowest BCUT2D eigenvalue weighted by atomic mass is 10.3. The van der Waals surface area contributed by atoms with Crippen LogP contribution < -0.4 is 5.56 Å². The van der Waals surface area contributed by atoms with Crippen LogP contribution in [0.1, 0.15) is 19.0 Å². The molecule has 1 aromatic rings. The van der Waals surface area contributed by atoms with Crippen LogP contribution in [-0.4, -0.2) is 22.4 Å². The highest BCUT2D eigenvalue weighted by Crippen LogP contribution is 2.24. The predicted octanol–water partition coefficient (Wildman–Crippen LogP) is 0.599. The van der Waals surface area contributed by atoms with Gasteiger partial charge in [0.1, 0.15) is 6.17 Å². The van der Waals surface area contributed by atoms with Crippen LogP contribution in [0.5, 0.6) is 0 Å². The van der Waals surface area contributed by atoms with Crippen LogP contribution in [0.25, 0.3) is 0 Å². The van der Waals surface area contributed by atoms with E-state index in [0.717, 1.165) is 6.42 Å². The molecule has 2 heterocycles. The Balaban J connectivity index is 2.37. The Morgan fingerprint density at radius 1 is 1.36 bits per heavy atom. The average Bonchev–Trinajstić information content (AvgIpc) is 2.49. The van der Waals surface area contributed by atoms with Gasteiger partial charge in [-0.3, -0.25) is 14.2 Å². The molecule has 1 fully saturated rings. The SMILES string of the molecule is CN1C(=O)CCC1n1ccccc1=O. The lowest BCUT2D eigenvalue weighted by molar-refractivity contribution is -0.128. The molecule has 0 aromatic carbocycles. The molecule has 14 heavy (non-hydrogen) atoms. The van der Waals surface area contributed by atoms with Crippen molar-refractivity contribution < 1.29 is 4.79 Å². The van der Waals surface area contributed by atoms with Gasteiger partial charge in [0, 0.05) is 25.7 Å². The van der Waals surface area contributed by atoms with E-state index < -0.39 is 0 Å². The van der Waals surface area contributed by atoms with E-state index in [1.165, 1.54) is 6.07 Å². The Labute approximate surface area is 81.8 Å². The first kappa shape index (κ1) is 8.99. The van der Waals surface area contributed by atoms with Crippen molar-refractivity contribution >= 4 is 5.91 Å². The summed E-state index contributed by atoms with van der Waals surface area (Å²) in [6.07, 6.45) is 2.88. The summed E-state index contributed by atoms with van der Waals surface area (Å²) in [6, 6.07) is 5.02. The quantitative estimate of drug-likeness (QED) is 0.653. The number of aromatic nitrogens is 1. The fraction of sp³-hybridized carbons (Fsp3) is 0.400. The van der Waals surface area contributed by atoms with Crippen molar-refractivity contribution in [3.05, 3.63) is 34.7 Å². The normalized spacial score (nSPS) is 21.6. The van der Waals surface area contributed by atoms with Gasteiger partial charge in [-0.15, -0.1) is 0 Å². The molecule has 1 unspecified atom stereocenters. The molecular weight excluding hydrogens is 180 g/mol. The number of pyridine rings is 1. The molecule has 0 bridgehead atoms. The maximum atomic E-state index is 11.5. The molecule has 1 aromatic heterocycles. The summed E-state index contributed by atoms with van der Waals surface area (Å²) in [5.41, 5.74) is -0.0564. The summed E-state index contributed by atoms with van der Waals surface area (Å²) in [6.45, 7) is 0. The van der Waals surface area contributed by atoms with Crippen molar-refractivity contribution in [2.24, 2.45) is 0 Å². The maximum Gasteiger partial charge on any atom is 0.252 e. The lowest BCUT2D eigenvalue weighted by Crippen LogP contribution is -2.32. The molecule has 4 nitrogen and oxygen atoms in total. The molecule has 1 amide bonds. The number of hydrogen-bond acceptors (Lipinski definition) is 2. The van der Waals surface area contributed by atoms with E-state index in [9.17, 15) is 9.59 Å². The van der Waals surface area contributed by atoms with Crippen LogP contribution in [0.4, 0.5) is 0 Å². The highest BCUT2D eigenvalue weighted by molar-refractivity contribution is 5.78. The first-order valence-electron chi connectivity index (χ1n) is 4.63. The second kappa shape index (κ2) is 3.29. The second-order valence-electron chi connectivity index (χ2n) is 3.47. The van der Waals surface area contributed by atoms with E-state index >= 15 is 0 Å². The van der Waals surface area contributed by atoms with Crippen molar-refractivity contribution in [1.82, 2.24) is 9.47 Å². The average molecular weight is 192 g/mol. The largest absolute Gasteiger partial charge is 0.325 e. The van der Waals surface area contributed by atoms with Crippen LogP contribution in [0.15, 0.2) is 29.2 Å². The molecule has 4 heteroatoms. The lowest BCUT2D eigenvalue weighted by Gasteiger charge is -2.21. The van der Waals surface area contributed by atoms with E-state index in [4.69, 9.17) is 0 Å². The molecule has 2 rings (SSSR count). The number of carbonyl (C=O) groups excluding carboxylic acids is 1. The smallest absolute Gasteiger partial charge is 0.252 e. The summed E-state index contributed by atoms with van der Waals surface area (Å²) in [4.78, 5) is 24.4. The molecule has 74 valence electrons. The van der Waals surface area contributed by atoms with Gasteiger partial charge in [-0.1, -0.05) is 6.07 Å². The van der Waals surface area contributed by atoms with E-state index in [1.807, 2.05) is 0 Å². The third-order valence-electron chi connectivity index (χ3n) is 2.63. The molecule has 0 N–H and O–H groups in total. The Morgan fingerprint density at radius 3 is 2.71 bits per heavy atom. The number of hydrogen-bond donors (Lipinski definition) is 0. The highest BCUT2D eigenvalue weighted by atomic mass is 16.2.